The molecule has 1 N–H and O–H groups in total. The molecule has 0 saturated heterocycles. The molecule has 0 aromatic carbocycles. The number of aliphatic hydroxyl groups is 1. The predicted molar refractivity (Wildman–Crippen MR) is 109 cm³/mol. The highest BCUT2D eigenvalue weighted by atomic mass is 16.3. The minimum Gasteiger partial charge on any atom is -0.393 e. The lowest BCUT2D eigenvalue weighted by Crippen LogP contribution is -2.54. The van der Waals surface area contributed by atoms with Crippen LogP contribution in [0.15, 0.2) is 4.99 Å². The Bertz CT molecular complexity index is 569. The summed E-state index contributed by atoms with van der Waals surface area (Å²) in [6.45, 7) is 12.0. The van der Waals surface area contributed by atoms with Crippen LogP contribution in [0.2, 0.25) is 0 Å². The second-order valence-electron chi connectivity index (χ2n) is 11.1. The molecule has 0 aliphatic heterocycles. The highest BCUT2D eigenvalue weighted by Gasteiger charge is 2.60. The first-order valence-electron chi connectivity index (χ1n) is 11.5. The standard InChI is InChI=1S/C24H41NO/c1-15(2)25-16(3)20-8-9-21-19-7-6-17-14-18(26)10-12-23(17,4)22(19)11-13-24(20,21)5/h15,17-22,26H,6-14H2,1-5H3/b25-16+/t17-,18+,19-,20+,21-,22-,23-,24+/m0/s1. The van der Waals surface area contributed by atoms with Crippen LogP contribution in [-0.4, -0.2) is 23.0 Å². The monoisotopic (exact) mass is 359 g/mol. The molecule has 2 nitrogen and oxygen atoms in total. The predicted octanol–water partition coefficient (Wildman–Crippen LogP) is 5.88. The Morgan fingerprint density at radius 3 is 2.35 bits per heavy atom. The van der Waals surface area contributed by atoms with E-state index < -0.39 is 0 Å². The summed E-state index contributed by atoms with van der Waals surface area (Å²) >= 11 is 0. The quantitative estimate of drug-likeness (QED) is 0.614. The summed E-state index contributed by atoms with van der Waals surface area (Å²) in [5, 5.41) is 10.2. The van der Waals surface area contributed by atoms with Crippen molar-refractivity contribution in [3.63, 3.8) is 0 Å². The normalized spacial score (nSPS) is 51.7. The molecule has 0 heterocycles. The molecule has 0 spiro atoms. The largest absolute Gasteiger partial charge is 0.393 e. The van der Waals surface area contributed by atoms with Gasteiger partial charge < -0.3 is 5.11 Å². The molecule has 0 unspecified atom stereocenters. The van der Waals surface area contributed by atoms with Crippen molar-refractivity contribution in [3.05, 3.63) is 0 Å². The van der Waals surface area contributed by atoms with E-state index in [0.717, 1.165) is 42.4 Å². The Labute approximate surface area is 161 Å². The lowest BCUT2D eigenvalue weighted by molar-refractivity contribution is -0.123. The Morgan fingerprint density at radius 2 is 1.62 bits per heavy atom. The van der Waals surface area contributed by atoms with Gasteiger partial charge in [-0.1, -0.05) is 13.8 Å². The van der Waals surface area contributed by atoms with Crippen LogP contribution in [0, 0.1) is 40.4 Å². The third kappa shape index (κ3) is 2.81. The van der Waals surface area contributed by atoms with Crippen LogP contribution in [0.3, 0.4) is 0 Å². The minimum atomic E-state index is -0.0239. The first-order valence-corrected chi connectivity index (χ1v) is 11.5. The first-order chi connectivity index (χ1) is 12.3. The molecular weight excluding hydrogens is 318 g/mol. The molecule has 0 aromatic rings. The molecule has 148 valence electrons. The van der Waals surface area contributed by atoms with Gasteiger partial charge in [-0.15, -0.1) is 0 Å². The van der Waals surface area contributed by atoms with E-state index in [0.29, 0.717) is 16.9 Å². The fraction of sp³-hybridized carbons (Fsp3) is 0.958. The SMILES string of the molecule is C/C(=N\C(C)C)[C@H]1CC[C@H]2[C@@H]3CC[C@H]4C[C@H](O)CC[C@]4(C)[C@H]3CC[C@]12C. The van der Waals surface area contributed by atoms with Gasteiger partial charge in [-0.05, 0) is 113 Å². The number of nitrogens with zero attached hydrogens (tertiary/aromatic N) is 1. The lowest BCUT2D eigenvalue weighted by atomic mass is 9.44. The van der Waals surface area contributed by atoms with Gasteiger partial charge in [-0.25, -0.2) is 0 Å². The van der Waals surface area contributed by atoms with Crippen LogP contribution in [0.4, 0.5) is 0 Å². The summed E-state index contributed by atoms with van der Waals surface area (Å²) in [4.78, 5) is 4.98. The maximum absolute atomic E-state index is 10.2. The summed E-state index contributed by atoms with van der Waals surface area (Å²) in [5.41, 5.74) is 2.42. The van der Waals surface area contributed by atoms with Gasteiger partial charge in [0.15, 0.2) is 0 Å². The third-order valence-electron chi connectivity index (χ3n) is 9.60. The van der Waals surface area contributed by atoms with Gasteiger partial charge in [0.1, 0.15) is 0 Å². The molecule has 8 atom stereocenters. The number of aliphatic imine (C=N–C) groups is 1. The average Bonchev–Trinajstić information content (AvgIpc) is 2.92. The van der Waals surface area contributed by atoms with Gasteiger partial charge >= 0.3 is 0 Å². The van der Waals surface area contributed by atoms with E-state index in [4.69, 9.17) is 4.99 Å². The summed E-state index contributed by atoms with van der Waals surface area (Å²) < 4.78 is 0. The molecule has 0 aromatic heterocycles. The maximum Gasteiger partial charge on any atom is 0.0543 e. The van der Waals surface area contributed by atoms with E-state index in [1.165, 1.54) is 50.7 Å². The van der Waals surface area contributed by atoms with Crippen LogP contribution in [0.25, 0.3) is 0 Å². The second kappa shape index (κ2) is 6.61. The smallest absolute Gasteiger partial charge is 0.0543 e. The Hall–Kier alpha value is -0.370. The van der Waals surface area contributed by atoms with Crippen LogP contribution in [0.1, 0.15) is 92.4 Å². The van der Waals surface area contributed by atoms with Crippen molar-refractivity contribution in [3.8, 4) is 0 Å². The van der Waals surface area contributed by atoms with Crippen molar-refractivity contribution >= 4 is 5.71 Å². The zero-order valence-corrected chi connectivity index (χ0v) is 17.8. The molecular formula is C24H41NO. The van der Waals surface area contributed by atoms with Crippen molar-refractivity contribution in [2.45, 2.75) is 105 Å². The van der Waals surface area contributed by atoms with Crippen molar-refractivity contribution < 1.29 is 5.11 Å². The van der Waals surface area contributed by atoms with Gasteiger partial charge in [-0.2, -0.15) is 0 Å². The van der Waals surface area contributed by atoms with Gasteiger partial charge in [0, 0.05) is 17.7 Å². The van der Waals surface area contributed by atoms with Crippen LogP contribution < -0.4 is 0 Å². The van der Waals surface area contributed by atoms with Gasteiger partial charge in [0.25, 0.3) is 0 Å². The molecule has 4 aliphatic carbocycles. The van der Waals surface area contributed by atoms with E-state index >= 15 is 0 Å². The molecule has 0 bridgehead atoms. The number of rotatable bonds is 2. The summed E-state index contributed by atoms with van der Waals surface area (Å²) in [7, 11) is 0. The van der Waals surface area contributed by atoms with Gasteiger partial charge in [0.2, 0.25) is 0 Å². The summed E-state index contributed by atoms with van der Waals surface area (Å²) in [6.07, 6.45) is 11.8. The molecule has 4 saturated carbocycles. The molecule has 26 heavy (non-hydrogen) atoms. The fourth-order valence-corrected chi connectivity index (χ4v) is 8.42. The first kappa shape index (κ1) is 19.0. The Balaban J connectivity index is 1.58. The molecule has 0 amide bonds. The summed E-state index contributed by atoms with van der Waals surface area (Å²) in [5.74, 6) is 4.25. The maximum atomic E-state index is 10.2. The summed E-state index contributed by atoms with van der Waals surface area (Å²) in [6, 6.07) is 0.428. The average molecular weight is 360 g/mol. The Kier molecular flexibility index (Phi) is 4.82. The van der Waals surface area contributed by atoms with E-state index in [-0.39, 0.29) is 6.10 Å². The molecule has 4 aliphatic rings. The van der Waals surface area contributed by atoms with Crippen molar-refractivity contribution in [2.75, 3.05) is 0 Å². The third-order valence-corrected chi connectivity index (χ3v) is 9.60. The van der Waals surface area contributed by atoms with E-state index in [1.807, 2.05) is 0 Å². The van der Waals surface area contributed by atoms with Gasteiger partial charge in [0.05, 0.1) is 6.10 Å². The van der Waals surface area contributed by atoms with Crippen LogP contribution in [-0.2, 0) is 0 Å². The molecule has 0 radical (unpaired) electrons. The minimum absolute atomic E-state index is 0.0239. The zero-order valence-electron chi connectivity index (χ0n) is 17.8. The van der Waals surface area contributed by atoms with Crippen molar-refractivity contribution in [1.29, 1.82) is 0 Å². The molecule has 2 heteroatoms. The number of hydrogen-bond acceptors (Lipinski definition) is 2. The van der Waals surface area contributed by atoms with Crippen LogP contribution >= 0.6 is 0 Å². The number of hydrogen-bond donors (Lipinski definition) is 1. The zero-order chi connectivity index (χ0) is 18.7. The molecule has 4 fully saturated rings. The van der Waals surface area contributed by atoms with Crippen molar-refractivity contribution in [2.24, 2.45) is 45.4 Å². The topological polar surface area (TPSA) is 32.6 Å². The van der Waals surface area contributed by atoms with Crippen molar-refractivity contribution in [1.82, 2.24) is 0 Å². The lowest BCUT2D eigenvalue weighted by Gasteiger charge is -2.61. The highest BCUT2D eigenvalue weighted by Crippen LogP contribution is 2.67. The number of fused-ring (bicyclic) bond motifs is 5. The molecule has 4 rings (SSSR count). The van der Waals surface area contributed by atoms with Gasteiger partial charge in [-0.3, -0.25) is 4.99 Å². The van der Waals surface area contributed by atoms with E-state index in [1.54, 1.807) is 0 Å². The van der Waals surface area contributed by atoms with E-state index in [9.17, 15) is 5.11 Å². The second-order valence-corrected chi connectivity index (χ2v) is 11.1. The van der Waals surface area contributed by atoms with E-state index in [2.05, 4.69) is 34.6 Å². The Morgan fingerprint density at radius 1 is 0.923 bits per heavy atom. The number of aliphatic hydroxyl groups excluding tert-OH is 1. The fourth-order valence-electron chi connectivity index (χ4n) is 8.42. The highest BCUT2D eigenvalue weighted by molar-refractivity contribution is 5.85. The van der Waals surface area contributed by atoms with Crippen LogP contribution in [0.5, 0.6) is 0 Å².